The molecule has 6 unspecified atom stereocenters. The maximum Gasteiger partial charge on any atom is 0.241 e. The van der Waals surface area contributed by atoms with Crippen LogP contribution in [0, 0.1) is 34.9 Å². The first-order valence-corrected chi connectivity index (χ1v) is 16.5. The number of rotatable bonds is 4. The molecule has 4 aromatic rings. The number of Topliss-reactive ketones (excluding diaryl/α,β-unsaturated/α-hetero) is 1. The number of phenols is 1. The number of aromatic hydroxyl groups is 1. The van der Waals surface area contributed by atoms with E-state index in [4.69, 9.17) is 11.6 Å². The summed E-state index contributed by atoms with van der Waals surface area (Å²) < 4.78 is 14.2. The molecule has 3 fully saturated rings. The summed E-state index contributed by atoms with van der Waals surface area (Å²) in [5.74, 6) is -6.08. The van der Waals surface area contributed by atoms with Crippen molar-refractivity contribution >= 4 is 63.2 Å². The van der Waals surface area contributed by atoms with Gasteiger partial charge in [-0.25, -0.2) is 9.29 Å². The minimum atomic E-state index is -1.33. The molecule has 0 bridgehead atoms. The number of ketones is 1. The number of amides is 4. The number of carbonyl (C=O) groups is 5. The second-order valence-corrected chi connectivity index (χ2v) is 14.0. The highest BCUT2D eigenvalue weighted by Crippen LogP contribution is 2.64. The Labute approximate surface area is 285 Å². The molecule has 6 atom stereocenters. The Hall–Kier alpha value is -5.15. The van der Waals surface area contributed by atoms with E-state index in [2.05, 4.69) is 0 Å². The summed E-state index contributed by atoms with van der Waals surface area (Å²) in [5.41, 5.74) is 1.14. The van der Waals surface area contributed by atoms with Gasteiger partial charge in [0.15, 0.2) is 5.78 Å². The lowest BCUT2D eigenvalue weighted by molar-refractivity contribution is -0.131. The fraction of sp³-hybridized carbons (Fsp3) is 0.256. The molecule has 10 heteroatoms. The van der Waals surface area contributed by atoms with Crippen molar-refractivity contribution in [2.75, 3.05) is 9.80 Å². The molecule has 4 aromatic carbocycles. The van der Waals surface area contributed by atoms with Crippen LogP contribution in [0.1, 0.15) is 48.5 Å². The van der Waals surface area contributed by atoms with E-state index in [9.17, 15) is 33.5 Å². The molecule has 0 spiro atoms. The van der Waals surface area contributed by atoms with E-state index in [1.54, 1.807) is 55.5 Å². The van der Waals surface area contributed by atoms with Crippen LogP contribution < -0.4 is 9.80 Å². The number of allylic oxidation sites excluding steroid dienone is 2. The van der Waals surface area contributed by atoms with Gasteiger partial charge in [0.05, 0.1) is 39.6 Å². The first kappa shape index (κ1) is 31.1. The number of carbonyl (C=O) groups excluding carboxylic acids is 5. The number of nitrogens with zero attached hydrogens (tertiary/aromatic N) is 2. The van der Waals surface area contributed by atoms with Gasteiger partial charge in [-0.2, -0.15) is 0 Å². The lowest BCUT2D eigenvalue weighted by Gasteiger charge is -2.49. The number of halogens is 2. The van der Waals surface area contributed by atoms with Crippen molar-refractivity contribution in [2.24, 2.45) is 29.1 Å². The Bertz CT molecular complexity index is 2200. The topological polar surface area (TPSA) is 112 Å². The summed E-state index contributed by atoms with van der Waals surface area (Å²) >= 11 is 6.11. The van der Waals surface area contributed by atoms with E-state index in [-0.39, 0.29) is 41.0 Å². The zero-order valence-corrected chi connectivity index (χ0v) is 27.3. The van der Waals surface area contributed by atoms with Crippen molar-refractivity contribution in [2.45, 2.75) is 32.6 Å². The Morgan fingerprint density at radius 3 is 2.24 bits per heavy atom. The van der Waals surface area contributed by atoms with Crippen LogP contribution in [-0.4, -0.2) is 34.5 Å². The summed E-state index contributed by atoms with van der Waals surface area (Å²) in [7, 11) is 0. The van der Waals surface area contributed by atoms with Crippen molar-refractivity contribution in [3.05, 3.63) is 112 Å². The van der Waals surface area contributed by atoms with Gasteiger partial charge >= 0.3 is 0 Å². The molecule has 0 radical (unpaired) electrons. The minimum absolute atomic E-state index is 0.0607. The van der Waals surface area contributed by atoms with Crippen molar-refractivity contribution in [3.63, 3.8) is 0 Å². The second kappa shape index (κ2) is 10.9. The first-order valence-electron chi connectivity index (χ1n) is 16.2. The maximum atomic E-state index is 14.7. The van der Waals surface area contributed by atoms with Gasteiger partial charge in [-0.3, -0.25) is 28.9 Å². The summed E-state index contributed by atoms with van der Waals surface area (Å²) in [6.07, 6.45) is 2.36. The van der Waals surface area contributed by atoms with Crippen LogP contribution in [-0.2, 0) is 19.2 Å². The zero-order chi connectivity index (χ0) is 34.5. The van der Waals surface area contributed by atoms with Gasteiger partial charge < -0.3 is 5.11 Å². The van der Waals surface area contributed by atoms with Gasteiger partial charge in [0.2, 0.25) is 23.6 Å². The fourth-order valence-electron chi connectivity index (χ4n) is 8.89. The molecule has 8 rings (SSSR count). The number of benzene rings is 4. The molecular weight excluding hydrogens is 647 g/mol. The minimum Gasteiger partial charge on any atom is -0.507 e. The summed E-state index contributed by atoms with van der Waals surface area (Å²) in [6, 6.07) is 20.7. The molecule has 2 aliphatic carbocycles. The molecule has 2 heterocycles. The monoisotopic (exact) mass is 676 g/mol. The van der Waals surface area contributed by atoms with Gasteiger partial charge in [0, 0.05) is 16.9 Å². The molecule has 49 heavy (non-hydrogen) atoms. The first-order chi connectivity index (χ1) is 23.4. The summed E-state index contributed by atoms with van der Waals surface area (Å²) in [5, 5.41) is 11.8. The van der Waals surface area contributed by atoms with Crippen molar-refractivity contribution in [1.29, 1.82) is 0 Å². The molecule has 4 amide bonds. The largest absolute Gasteiger partial charge is 0.507 e. The third-order valence-corrected chi connectivity index (χ3v) is 11.5. The van der Waals surface area contributed by atoms with Gasteiger partial charge in [0.25, 0.3) is 0 Å². The van der Waals surface area contributed by atoms with E-state index in [0.29, 0.717) is 27.6 Å². The Kier molecular flexibility index (Phi) is 6.95. The molecule has 8 nitrogen and oxygen atoms in total. The molecule has 2 saturated heterocycles. The molecule has 0 aromatic heterocycles. The van der Waals surface area contributed by atoms with Crippen molar-refractivity contribution < 1.29 is 33.5 Å². The van der Waals surface area contributed by atoms with Crippen molar-refractivity contribution in [1.82, 2.24) is 0 Å². The number of fused-ring (bicyclic) bond motifs is 5. The lowest BCUT2D eigenvalue weighted by atomic mass is 9.51. The summed E-state index contributed by atoms with van der Waals surface area (Å²) in [4.78, 5) is 71.6. The van der Waals surface area contributed by atoms with Crippen LogP contribution in [0.15, 0.2) is 90.5 Å². The molecule has 246 valence electrons. The fourth-order valence-corrected chi connectivity index (χ4v) is 9.06. The highest BCUT2D eigenvalue weighted by atomic mass is 35.5. The van der Waals surface area contributed by atoms with E-state index in [0.717, 1.165) is 16.5 Å². The van der Waals surface area contributed by atoms with Gasteiger partial charge in [-0.1, -0.05) is 53.6 Å². The highest BCUT2D eigenvalue weighted by Gasteiger charge is 2.67. The summed E-state index contributed by atoms with van der Waals surface area (Å²) in [6.45, 7) is 3.21. The van der Waals surface area contributed by atoms with Gasteiger partial charge in [0.1, 0.15) is 11.6 Å². The van der Waals surface area contributed by atoms with Crippen LogP contribution in [0.2, 0.25) is 5.02 Å². The molecule has 1 saturated carbocycles. The van der Waals surface area contributed by atoms with Crippen LogP contribution >= 0.6 is 11.6 Å². The number of hydrogen-bond acceptors (Lipinski definition) is 6. The van der Waals surface area contributed by atoms with Crippen molar-refractivity contribution in [3.8, 4) is 5.75 Å². The number of hydrogen-bond donors (Lipinski definition) is 1. The highest BCUT2D eigenvalue weighted by molar-refractivity contribution is 6.32. The third-order valence-electron chi connectivity index (χ3n) is 11.2. The second-order valence-electron chi connectivity index (χ2n) is 13.6. The normalized spacial score (nSPS) is 27.7. The average Bonchev–Trinajstić information content (AvgIpc) is 3.46. The predicted octanol–water partition coefficient (Wildman–Crippen LogP) is 6.98. The Balaban J connectivity index is 1.29. The predicted molar refractivity (Wildman–Crippen MR) is 181 cm³/mol. The van der Waals surface area contributed by atoms with E-state index < -0.39 is 58.5 Å². The smallest absolute Gasteiger partial charge is 0.241 e. The average molecular weight is 677 g/mol. The van der Waals surface area contributed by atoms with E-state index >= 15 is 0 Å². The van der Waals surface area contributed by atoms with Crippen LogP contribution in [0.3, 0.4) is 0 Å². The number of imide groups is 2. The van der Waals surface area contributed by atoms with Crippen LogP contribution in [0.4, 0.5) is 15.8 Å². The number of anilines is 2. The van der Waals surface area contributed by atoms with Gasteiger partial charge in [-0.15, -0.1) is 0 Å². The molecular formula is C39H30ClFN2O6. The van der Waals surface area contributed by atoms with E-state index in [1.807, 2.05) is 18.2 Å². The van der Waals surface area contributed by atoms with Crippen LogP contribution in [0.5, 0.6) is 5.75 Å². The Morgan fingerprint density at radius 1 is 0.857 bits per heavy atom. The standard InChI is InChI=1S/C39H30ClFN2O6/c1-19(44)20-7-9-21(10-8-20)42-35(46)27-13-12-26-28(33(27)37(42)48)18-29-36(47)43(22-11-15-31(41)30(40)17-22)38(49)39(29,2)34(26)25-14-16-32(45)24-6-4-3-5-23(24)25/h3-12,14-17,27-29,33-34,45H,13,18H2,1-2H3. The Morgan fingerprint density at radius 2 is 1.55 bits per heavy atom. The zero-order valence-electron chi connectivity index (χ0n) is 26.5. The van der Waals surface area contributed by atoms with Gasteiger partial charge in [-0.05, 0) is 92.1 Å². The molecule has 1 N–H and O–H groups in total. The van der Waals surface area contributed by atoms with E-state index in [1.165, 1.54) is 24.0 Å². The van der Waals surface area contributed by atoms with Crippen LogP contribution in [0.25, 0.3) is 10.8 Å². The molecule has 4 aliphatic rings. The lowest BCUT2D eigenvalue weighted by Crippen LogP contribution is -2.49. The number of phenolic OH excluding ortho intramolecular Hbond substituents is 1. The maximum absolute atomic E-state index is 14.7. The quantitative estimate of drug-likeness (QED) is 0.142. The third kappa shape index (κ3) is 4.31. The molecule has 2 aliphatic heterocycles. The SMILES string of the molecule is CC(=O)c1ccc(N2C(=O)C3CC=C4C(CC5C(=O)N(c6ccc(F)c(Cl)c6)C(=O)C5(C)C4c4ccc(O)c5ccccc45)C3C2=O)cc1.